The molecule has 4 N–H and O–H groups in total. The van der Waals surface area contributed by atoms with Gasteiger partial charge >= 0.3 is 17.9 Å². The number of carbonyl (C=O) groups excluding carboxylic acids is 1. The fourth-order valence-electron chi connectivity index (χ4n) is 2.00. The van der Waals surface area contributed by atoms with Crippen LogP contribution in [-0.4, -0.2) is 57.1 Å². The van der Waals surface area contributed by atoms with Gasteiger partial charge in [0.1, 0.15) is 0 Å². The van der Waals surface area contributed by atoms with E-state index in [2.05, 4.69) is 25.5 Å². The van der Waals surface area contributed by atoms with Crippen molar-refractivity contribution in [3.8, 4) is 0 Å². The Hall–Kier alpha value is -1.67. The fraction of sp³-hybridized carbons (Fsp3) is 0.812. The van der Waals surface area contributed by atoms with Crippen LogP contribution in [0, 0.1) is 5.41 Å². The second-order valence-corrected chi connectivity index (χ2v) is 5.61. The van der Waals surface area contributed by atoms with Crippen LogP contribution in [0.4, 0.5) is 0 Å². The van der Waals surface area contributed by atoms with E-state index < -0.39 is 36.4 Å². The third-order valence-electron chi connectivity index (χ3n) is 4.17. The molecule has 0 heterocycles. The Labute approximate surface area is 142 Å². The van der Waals surface area contributed by atoms with Crippen LogP contribution >= 0.6 is 0 Å². The van der Waals surface area contributed by atoms with Gasteiger partial charge in [-0.15, -0.1) is 0 Å². The molecular weight excluding hydrogens is 320 g/mol. The molecule has 0 saturated carbocycles. The monoisotopic (exact) mass is 350 g/mol. The number of esters is 1. The summed E-state index contributed by atoms with van der Waals surface area (Å²) >= 11 is 0. The molecule has 142 valence electrons. The summed E-state index contributed by atoms with van der Waals surface area (Å²) < 4.78 is 4.41. The highest BCUT2D eigenvalue weighted by molar-refractivity contribution is 5.88. The number of ether oxygens (including phenoxy) is 1. The topological polar surface area (TPSA) is 141 Å². The van der Waals surface area contributed by atoms with E-state index >= 15 is 0 Å². The third kappa shape index (κ3) is 8.83. The number of carboxylic acids is 2. The summed E-state index contributed by atoms with van der Waals surface area (Å²) in [6, 6.07) is 0. The molecule has 0 radical (unpaired) electrons. The normalized spacial score (nSPS) is 13.2. The van der Waals surface area contributed by atoms with E-state index in [-0.39, 0.29) is 12.0 Å². The molecule has 0 amide bonds. The SMILES string of the molecule is CCC(CC)(CC)CO.CCOC(=O)CC(O)(CC(=O)O)C(=O)O. The average Bonchev–Trinajstić information content (AvgIpc) is 2.50. The van der Waals surface area contributed by atoms with Gasteiger partial charge < -0.3 is 25.2 Å². The van der Waals surface area contributed by atoms with Crippen LogP contribution in [0.3, 0.4) is 0 Å². The van der Waals surface area contributed by atoms with E-state index in [1.165, 1.54) is 6.92 Å². The summed E-state index contributed by atoms with van der Waals surface area (Å²) in [6.07, 6.45) is 1.34. The van der Waals surface area contributed by atoms with Crippen LogP contribution in [0.1, 0.15) is 59.8 Å². The molecule has 0 rings (SSSR count). The Bertz CT molecular complexity index is 385. The van der Waals surface area contributed by atoms with Gasteiger partial charge in [0, 0.05) is 6.61 Å². The number of hydrogen-bond donors (Lipinski definition) is 4. The van der Waals surface area contributed by atoms with Gasteiger partial charge in [-0.2, -0.15) is 0 Å². The van der Waals surface area contributed by atoms with Crippen molar-refractivity contribution in [1.82, 2.24) is 0 Å². The van der Waals surface area contributed by atoms with Crippen molar-refractivity contribution in [2.45, 2.75) is 65.4 Å². The first kappa shape index (κ1) is 24.6. The van der Waals surface area contributed by atoms with E-state index in [0.29, 0.717) is 6.61 Å². The second kappa shape index (κ2) is 11.8. The zero-order valence-electron chi connectivity index (χ0n) is 14.9. The van der Waals surface area contributed by atoms with Gasteiger partial charge in [0.25, 0.3) is 0 Å². The average molecular weight is 350 g/mol. The van der Waals surface area contributed by atoms with Gasteiger partial charge in [-0.3, -0.25) is 9.59 Å². The first-order valence-electron chi connectivity index (χ1n) is 8.00. The maximum Gasteiger partial charge on any atom is 0.336 e. The molecule has 0 aromatic heterocycles. The highest BCUT2D eigenvalue weighted by Crippen LogP contribution is 2.28. The van der Waals surface area contributed by atoms with Crippen LogP contribution in [0.2, 0.25) is 0 Å². The van der Waals surface area contributed by atoms with Crippen LogP contribution in [-0.2, 0) is 19.1 Å². The van der Waals surface area contributed by atoms with Gasteiger partial charge in [-0.1, -0.05) is 20.8 Å². The Kier molecular flexibility index (Phi) is 12.1. The quantitative estimate of drug-likeness (QED) is 0.433. The summed E-state index contributed by atoms with van der Waals surface area (Å²) in [5.41, 5.74) is -2.39. The summed E-state index contributed by atoms with van der Waals surface area (Å²) in [5.74, 6) is -4.23. The Morgan fingerprint density at radius 3 is 1.58 bits per heavy atom. The molecular formula is C16H30O8. The van der Waals surface area contributed by atoms with E-state index in [1.54, 1.807) is 0 Å². The predicted octanol–water partition coefficient (Wildman–Crippen LogP) is 1.43. The summed E-state index contributed by atoms with van der Waals surface area (Å²) in [7, 11) is 0. The zero-order chi connectivity index (χ0) is 19.4. The highest BCUT2D eigenvalue weighted by Gasteiger charge is 2.41. The molecule has 0 aromatic carbocycles. The van der Waals surface area contributed by atoms with Gasteiger partial charge in [-0.05, 0) is 31.6 Å². The molecule has 24 heavy (non-hydrogen) atoms. The van der Waals surface area contributed by atoms with Gasteiger partial charge in [0.2, 0.25) is 0 Å². The smallest absolute Gasteiger partial charge is 0.336 e. The first-order valence-corrected chi connectivity index (χ1v) is 8.00. The van der Waals surface area contributed by atoms with E-state index in [9.17, 15) is 19.5 Å². The van der Waals surface area contributed by atoms with Gasteiger partial charge in [0.15, 0.2) is 5.60 Å². The van der Waals surface area contributed by atoms with Crippen molar-refractivity contribution < 1.29 is 39.5 Å². The van der Waals surface area contributed by atoms with Crippen molar-refractivity contribution in [3.63, 3.8) is 0 Å². The maximum absolute atomic E-state index is 10.9. The minimum atomic E-state index is -2.61. The molecule has 0 fully saturated rings. The largest absolute Gasteiger partial charge is 0.481 e. The third-order valence-corrected chi connectivity index (χ3v) is 4.17. The van der Waals surface area contributed by atoms with E-state index in [4.69, 9.17) is 15.3 Å². The Morgan fingerprint density at radius 2 is 1.38 bits per heavy atom. The molecule has 1 unspecified atom stereocenters. The predicted molar refractivity (Wildman–Crippen MR) is 86.5 cm³/mol. The van der Waals surface area contributed by atoms with Gasteiger partial charge in [0.05, 0.1) is 19.4 Å². The summed E-state index contributed by atoms with van der Waals surface area (Å²) in [4.78, 5) is 31.8. The van der Waals surface area contributed by atoms with Gasteiger partial charge in [-0.25, -0.2) is 4.79 Å². The van der Waals surface area contributed by atoms with Crippen LogP contribution in [0.15, 0.2) is 0 Å². The molecule has 8 heteroatoms. The highest BCUT2D eigenvalue weighted by atomic mass is 16.5. The Balaban J connectivity index is 0. The van der Waals surface area contributed by atoms with Crippen LogP contribution in [0.25, 0.3) is 0 Å². The summed E-state index contributed by atoms with van der Waals surface area (Å²) in [6.45, 7) is 8.31. The summed E-state index contributed by atoms with van der Waals surface area (Å²) in [5, 5.41) is 35.3. The van der Waals surface area contributed by atoms with E-state index in [0.717, 1.165) is 19.3 Å². The molecule has 0 aromatic rings. The number of rotatable bonds is 10. The number of hydrogen-bond acceptors (Lipinski definition) is 6. The Morgan fingerprint density at radius 1 is 0.917 bits per heavy atom. The molecule has 0 saturated heterocycles. The minimum Gasteiger partial charge on any atom is -0.481 e. The molecule has 0 aliphatic rings. The number of carbonyl (C=O) groups is 3. The van der Waals surface area contributed by atoms with Crippen molar-refractivity contribution in [1.29, 1.82) is 0 Å². The molecule has 0 spiro atoms. The fourth-order valence-corrected chi connectivity index (χ4v) is 2.00. The lowest BCUT2D eigenvalue weighted by molar-refractivity contribution is -0.171. The van der Waals surface area contributed by atoms with Crippen molar-refractivity contribution in [2.24, 2.45) is 5.41 Å². The van der Waals surface area contributed by atoms with Crippen molar-refractivity contribution in [2.75, 3.05) is 13.2 Å². The maximum atomic E-state index is 10.9. The van der Waals surface area contributed by atoms with Crippen LogP contribution in [0.5, 0.6) is 0 Å². The lowest BCUT2D eigenvalue weighted by Gasteiger charge is -2.27. The number of aliphatic carboxylic acids is 2. The standard InChI is InChI=1S/C8H12O7.C8H18O/c1-2-15-6(11)4-8(14,7(12)13)3-5(9)10;1-4-8(5-2,6-3)7-9/h14H,2-4H2,1H3,(H,9,10)(H,12,13);9H,4-7H2,1-3H3. The van der Waals surface area contributed by atoms with Crippen molar-refractivity contribution >= 4 is 17.9 Å². The minimum absolute atomic E-state index is 0.0294. The molecule has 0 aliphatic carbocycles. The first-order chi connectivity index (χ1) is 11.1. The van der Waals surface area contributed by atoms with Crippen molar-refractivity contribution in [3.05, 3.63) is 0 Å². The van der Waals surface area contributed by atoms with Crippen LogP contribution < -0.4 is 0 Å². The molecule has 1 atom stereocenters. The lowest BCUT2D eigenvalue weighted by atomic mass is 9.81. The molecule has 8 nitrogen and oxygen atoms in total. The van der Waals surface area contributed by atoms with E-state index in [1.807, 2.05) is 0 Å². The lowest BCUT2D eigenvalue weighted by Crippen LogP contribution is -2.43. The zero-order valence-corrected chi connectivity index (χ0v) is 14.9. The number of aliphatic hydroxyl groups excluding tert-OH is 1. The molecule has 0 aliphatic heterocycles. The second-order valence-electron chi connectivity index (χ2n) is 5.61. The number of carboxylic acid groups (broad SMARTS) is 2. The number of aliphatic hydroxyl groups is 2. The molecule has 0 bridgehead atoms.